The van der Waals surface area contributed by atoms with Crippen molar-refractivity contribution in [1.82, 2.24) is 35.0 Å². The van der Waals surface area contributed by atoms with Gasteiger partial charge in [0.2, 0.25) is 17.8 Å². The molecule has 1 atom stereocenters. The van der Waals surface area contributed by atoms with Crippen molar-refractivity contribution in [2.45, 2.75) is 76.3 Å². The van der Waals surface area contributed by atoms with Crippen LogP contribution in [0.15, 0.2) is 48.7 Å². The number of amides is 6. The Bertz CT molecular complexity index is 2240. The SMILES string of the molecule is COc1cc(Nc2ncc3cc(C(=O)N(C)C)n(C4CCCC4)c3n2)ccc1C(=O)NCCCCCCOc1cccc2c1C(=O)N(C1CCC(=O)NC1=O)C2=O. The zero-order valence-electron chi connectivity index (χ0n) is 32.3. The summed E-state index contributed by atoms with van der Waals surface area (Å²) in [6.07, 6.45) is 9.06. The van der Waals surface area contributed by atoms with Gasteiger partial charge in [-0.2, -0.15) is 4.98 Å². The van der Waals surface area contributed by atoms with Crippen molar-refractivity contribution < 1.29 is 38.2 Å². The molecule has 2 aliphatic heterocycles. The van der Waals surface area contributed by atoms with E-state index in [1.165, 1.54) is 13.2 Å². The Kier molecular flexibility index (Phi) is 11.5. The highest BCUT2D eigenvalue weighted by molar-refractivity contribution is 6.24. The predicted molar refractivity (Wildman–Crippen MR) is 209 cm³/mol. The van der Waals surface area contributed by atoms with E-state index in [9.17, 15) is 28.8 Å². The molecule has 298 valence electrons. The van der Waals surface area contributed by atoms with Gasteiger partial charge in [0.15, 0.2) is 0 Å². The second-order valence-corrected chi connectivity index (χ2v) is 14.7. The van der Waals surface area contributed by atoms with Gasteiger partial charge >= 0.3 is 0 Å². The maximum Gasteiger partial charge on any atom is 0.270 e. The number of nitrogens with one attached hydrogen (secondary N) is 3. The first-order valence-corrected chi connectivity index (χ1v) is 19.4. The number of rotatable bonds is 15. The average molecular weight is 779 g/mol. The van der Waals surface area contributed by atoms with Crippen LogP contribution in [0.4, 0.5) is 11.6 Å². The van der Waals surface area contributed by atoms with E-state index in [2.05, 4.69) is 25.5 Å². The number of ether oxygens (including phenoxy) is 2. The maximum absolute atomic E-state index is 13.3. The molecule has 1 unspecified atom stereocenters. The Morgan fingerprint density at radius 1 is 0.947 bits per heavy atom. The number of piperidine rings is 1. The van der Waals surface area contributed by atoms with Gasteiger partial charge in [0.05, 0.1) is 30.4 Å². The van der Waals surface area contributed by atoms with E-state index in [1.54, 1.807) is 55.5 Å². The van der Waals surface area contributed by atoms with Crippen molar-refractivity contribution in [2.24, 2.45) is 0 Å². The number of fused-ring (bicyclic) bond motifs is 2. The van der Waals surface area contributed by atoms with Gasteiger partial charge in [-0.25, -0.2) is 4.98 Å². The number of hydrogen-bond acceptors (Lipinski definition) is 11. The monoisotopic (exact) mass is 778 g/mol. The summed E-state index contributed by atoms with van der Waals surface area (Å²) < 4.78 is 13.6. The Hall–Kier alpha value is -6.32. The Morgan fingerprint density at radius 3 is 2.49 bits per heavy atom. The molecular weight excluding hydrogens is 732 g/mol. The summed E-state index contributed by atoms with van der Waals surface area (Å²) in [5, 5.41) is 9.18. The van der Waals surface area contributed by atoms with Gasteiger partial charge in [0.25, 0.3) is 23.6 Å². The standard InChI is InChI=1S/C41H46N8O8/c1-47(2)39(54)30-21-24-23-43-41(46-35(24)48(30)26-11-6-7-12-26)44-25-15-16-27(32(22-25)56-3)36(51)42-19-8-4-5-9-20-57-31-14-10-13-28-34(31)40(55)49(38(28)53)29-17-18-33(50)45-37(29)52/h10,13-16,21-23,26,29H,4-9,11-12,17-20H2,1-3H3,(H,42,51)(H,43,44,46)(H,45,50,52). The van der Waals surface area contributed by atoms with Crippen molar-refractivity contribution in [3.63, 3.8) is 0 Å². The number of anilines is 2. The predicted octanol–water partition coefficient (Wildman–Crippen LogP) is 4.77. The van der Waals surface area contributed by atoms with Gasteiger partial charge in [-0.15, -0.1) is 0 Å². The molecule has 0 radical (unpaired) electrons. The number of carbonyl (C=O) groups excluding carboxylic acids is 6. The smallest absolute Gasteiger partial charge is 0.270 e. The molecule has 1 saturated carbocycles. The van der Waals surface area contributed by atoms with Crippen LogP contribution in [0.25, 0.3) is 11.0 Å². The highest BCUT2D eigenvalue weighted by Gasteiger charge is 2.46. The first-order valence-electron chi connectivity index (χ1n) is 19.4. The van der Waals surface area contributed by atoms with Gasteiger partial charge in [0, 0.05) is 56.4 Å². The molecule has 57 heavy (non-hydrogen) atoms. The van der Waals surface area contributed by atoms with Crippen LogP contribution in [-0.4, -0.2) is 100 Å². The fraction of sp³-hybridized carbons (Fsp3) is 0.415. The van der Waals surface area contributed by atoms with Crippen molar-refractivity contribution in [3.8, 4) is 11.5 Å². The lowest BCUT2D eigenvalue weighted by Gasteiger charge is -2.27. The van der Waals surface area contributed by atoms with Crippen LogP contribution in [0.3, 0.4) is 0 Å². The lowest BCUT2D eigenvalue weighted by molar-refractivity contribution is -0.136. The average Bonchev–Trinajstić information content (AvgIpc) is 3.92. The summed E-state index contributed by atoms with van der Waals surface area (Å²) in [5.74, 6) is -1.60. The molecule has 4 heterocycles. The summed E-state index contributed by atoms with van der Waals surface area (Å²) in [7, 11) is 4.99. The number of imide groups is 2. The van der Waals surface area contributed by atoms with Crippen molar-refractivity contribution in [1.29, 1.82) is 0 Å². The number of carbonyl (C=O) groups is 6. The lowest BCUT2D eigenvalue weighted by atomic mass is 10.0. The molecule has 7 rings (SSSR count). The Balaban J connectivity index is 0.884. The summed E-state index contributed by atoms with van der Waals surface area (Å²) >= 11 is 0. The summed E-state index contributed by atoms with van der Waals surface area (Å²) in [6.45, 7) is 0.762. The number of aromatic nitrogens is 3. The third-order valence-corrected chi connectivity index (χ3v) is 10.6. The number of hydrogen-bond donors (Lipinski definition) is 3. The molecule has 4 aromatic rings. The van der Waals surface area contributed by atoms with Crippen LogP contribution < -0.4 is 25.4 Å². The molecule has 1 saturated heterocycles. The largest absolute Gasteiger partial charge is 0.496 e. The van der Waals surface area contributed by atoms with Crippen LogP contribution in [0.1, 0.15) is 112 Å². The van der Waals surface area contributed by atoms with E-state index in [0.717, 1.165) is 55.2 Å². The molecule has 1 aliphatic carbocycles. The molecule has 16 heteroatoms. The highest BCUT2D eigenvalue weighted by Crippen LogP contribution is 2.36. The van der Waals surface area contributed by atoms with E-state index in [-0.39, 0.29) is 47.6 Å². The molecule has 2 aromatic carbocycles. The van der Waals surface area contributed by atoms with E-state index in [4.69, 9.17) is 14.5 Å². The highest BCUT2D eigenvalue weighted by atomic mass is 16.5. The number of unbranched alkanes of at least 4 members (excludes halogenated alkanes) is 3. The van der Waals surface area contributed by atoms with Gasteiger partial charge in [0.1, 0.15) is 28.9 Å². The fourth-order valence-corrected chi connectivity index (χ4v) is 7.74. The summed E-state index contributed by atoms with van der Waals surface area (Å²) in [6, 6.07) is 11.0. The molecule has 16 nitrogen and oxygen atoms in total. The second-order valence-electron chi connectivity index (χ2n) is 14.7. The molecule has 6 amide bonds. The molecule has 2 aromatic heterocycles. The first-order chi connectivity index (χ1) is 27.5. The quantitative estimate of drug-likeness (QED) is 0.111. The van der Waals surface area contributed by atoms with Crippen molar-refractivity contribution >= 4 is 58.1 Å². The Morgan fingerprint density at radius 2 is 1.74 bits per heavy atom. The minimum absolute atomic E-state index is 0.0473. The van der Waals surface area contributed by atoms with Gasteiger partial charge in [-0.1, -0.05) is 31.7 Å². The van der Waals surface area contributed by atoms with Crippen LogP contribution >= 0.6 is 0 Å². The molecule has 0 spiro atoms. The van der Waals surface area contributed by atoms with E-state index < -0.39 is 29.7 Å². The normalized spacial score (nSPS) is 16.8. The topological polar surface area (TPSA) is 194 Å². The molecule has 3 N–H and O–H groups in total. The van der Waals surface area contributed by atoms with Gasteiger partial charge in [-0.3, -0.25) is 39.0 Å². The third kappa shape index (κ3) is 8.02. The number of benzene rings is 2. The summed E-state index contributed by atoms with van der Waals surface area (Å²) in [5.41, 5.74) is 2.62. The van der Waals surface area contributed by atoms with Crippen LogP contribution in [-0.2, 0) is 9.59 Å². The molecule has 2 fully saturated rings. The first kappa shape index (κ1) is 38.9. The van der Waals surface area contributed by atoms with E-state index in [0.29, 0.717) is 53.9 Å². The van der Waals surface area contributed by atoms with E-state index >= 15 is 0 Å². The zero-order valence-corrected chi connectivity index (χ0v) is 32.3. The third-order valence-electron chi connectivity index (χ3n) is 10.6. The lowest BCUT2D eigenvalue weighted by Crippen LogP contribution is -2.54. The number of methoxy groups -OCH3 is 1. The fourth-order valence-electron chi connectivity index (χ4n) is 7.74. The second kappa shape index (κ2) is 16.8. The van der Waals surface area contributed by atoms with Crippen molar-refractivity contribution in [3.05, 3.63) is 71.0 Å². The molecule has 3 aliphatic rings. The van der Waals surface area contributed by atoms with Gasteiger partial charge in [-0.05, 0) is 62.4 Å². The minimum Gasteiger partial charge on any atom is -0.496 e. The Labute approximate surface area is 329 Å². The number of nitrogens with zero attached hydrogens (tertiary/aromatic N) is 5. The molecular formula is C41H46N8O8. The zero-order chi connectivity index (χ0) is 40.2. The van der Waals surface area contributed by atoms with Crippen molar-refractivity contribution in [2.75, 3.05) is 39.7 Å². The van der Waals surface area contributed by atoms with Crippen LogP contribution in [0, 0.1) is 0 Å². The van der Waals surface area contributed by atoms with Crippen LogP contribution in [0.2, 0.25) is 0 Å². The maximum atomic E-state index is 13.3. The van der Waals surface area contributed by atoms with E-state index in [1.807, 2.05) is 6.07 Å². The van der Waals surface area contributed by atoms with Crippen LogP contribution in [0.5, 0.6) is 11.5 Å². The summed E-state index contributed by atoms with van der Waals surface area (Å²) in [4.78, 5) is 88.3. The minimum atomic E-state index is -1.04. The molecule has 0 bridgehead atoms. The van der Waals surface area contributed by atoms with Gasteiger partial charge < -0.3 is 29.6 Å².